The molecule has 5 unspecified atom stereocenters. The molecule has 5 heteroatoms. The van der Waals surface area contributed by atoms with Crippen molar-refractivity contribution in [1.29, 1.82) is 0 Å². The van der Waals surface area contributed by atoms with Gasteiger partial charge in [-0.1, -0.05) is 32.3 Å². The van der Waals surface area contributed by atoms with Gasteiger partial charge in [0.1, 0.15) is 5.76 Å². The normalized spacial score (nSPS) is 25.9. The molecule has 5 atom stereocenters. The number of furan rings is 1. The van der Waals surface area contributed by atoms with Crippen LogP contribution in [0.25, 0.3) is 0 Å². The second kappa shape index (κ2) is 10.7. The predicted octanol–water partition coefficient (Wildman–Crippen LogP) is 6.63. The van der Waals surface area contributed by atoms with Gasteiger partial charge in [0.05, 0.1) is 18.1 Å². The van der Waals surface area contributed by atoms with Gasteiger partial charge in [-0.2, -0.15) is 0 Å². The number of aliphatic hydroxyl groups is 1. The maximum atomic E-state index is 10.3. The van der Waals surface area contributed by atoms with Gasteiger partial charge in [0.2, 0.25) is 0 Å². The molecule has 3 nitrogen and oxygen atoms in total. The fourth-order valence-corrected chi connectivity index (χ4v) is 5.45. The highest BCUT2D eigenvalue weighted by Crippen LogP contribution is 2.47. The summed E-state index contributed by atoms with van der Waals surface area (Å²) in [5, 5.41) is 10.5. The molecule has 1 saturated carbocycles. The van der Waals surface area contributed by atoms with Gasteiger partial charge in [0, 0.05) is 29.3 Å². The summed E-state index contributed by atoms with van der Waals surface area (Å²) in [5.41, 5.74) is 1.89. The first-order chi connectivity index (χ1) is 13.6. The third kappa shape index (κ3) is 5.52. The van der Waals surface area contributed by atoms with Crippen LogP contribution in [0, 0.1) is 5.92 Å². The number of hydrogen-bond donors (Lipinski definition) is 1. The van der Waals surface area contributed by atoms with Crippen LogP contribution in [0.15, 0.2) is 41.1 Å². The van der Waals surface area contributed by atoms with Crippen LogP contribution in [-0.4, -0.2) is 20.8 Å². The molecular formula is C23H31Cl2NO2. The Kier molecular flexibility index (Phi) is 8.25. The molecular weight excluding hydrogens is 393 g/mol. The zero-order valence-corrected chi connectivity index (χ0v) is 18.1. The summed E-state index contributed by atoms with van der Waals surface area (Å²) in [6.07, 6.45) is 11.0. The second-order valence-electron chi connectivity index (χ2n) is 7.96. The van der Waals surface area contributed by atoms with E-state index in [0.29, 0.717) is 5.92 Å². The van der Waals surface area contributed by atoms with Gasteiger partial charge in [-0.15, -0.1) is 23.2 Å². The molecule has 0 bridgehead atoms. The van der Waals surface area contributed by atoms with E-state index in [1.165, 1.54) is 0 Å². The molecule has 0 spiro atoms. The quantitative estimate of drug-likeness (QED) is 0.344. The third-order valence-corrected chi connectivity index (χ3v) is 6.87. The number of pyridine rings is 1. The first-order valence-corrected chi connectivity index (χ1v) is 11.4. The number of aromatic nitrogens is 1. The van der Waals surface area contributed by atoms with Crippen molar-refractivity contribution in [3.63, 3.8) is 0 Å². The summed E-state index contributed by atoms with van der Waals surface area (Å²) < 4.78 is 5.44. The Morgan fingerprint density at radius 3 is 2.71 bits per heavy atom. The number of aryl methyl sites for hydroxylation is 1. The molecule has 1 fully saturated rings. The zero-order valence-electron chi connectivity index (χ0n) is 16.6. The highest BCUT2D eigenvalue weighted by Gasteiger charge is 2.42. The fourth-order valence-electron chi connectivity index (χ4n) is 4.36. The summed E-state index contributed by atoms with van der Waals surface area (Å²) >= 11 is 13.4. The molecule has 2 aromatic rings. The number of nitrogens with zero attached hydrogens (tertiary/aromatic N) is 1. The van der Waals surface area contributed by atoms with Crippen molar-refractivity contribution in [3.05, 3.63) is 53.7 Å². The molecule has 2 heterocycles. The lowest BCUT2D eigenvalue weighted by atomic mass is 9.85. The SMILES string of the molecule is CCCCCC(O)c1ccc(C2C(Cl)CC(Cl)C2CCCc2ccco2)cn1. The van der Waals surface area contributed by atoms with Crippen molar-refractivity contribution in [1.82, 2.24) is 4.98 Å². The van der Waals surface area contributed by atoms with Crippen LogP contribution in [0.1, 0.15) is 80.9 Å². The molecule has 1 N–H and O–H groups in total. The first kappa shape index (κ1) is 21.7. The van der Waals surface area contributed by atoms with E-state index < -0.39 is 6.10 Å². The van der Waals surface area contributed by atoms with Crippen LogP contribution in [0.3, 0.4) is 0 Å². The van der Waals surface area contributed by atoms with Crippen molar-refractivity contribution in [2.45, 2.75) is 81.1 Å². The van der Waals surface area contributed by atoms with Gasteiger partial charge in [-0.05, 0) is 55.4 Å². The molecule has 28 heavy (non-hydrogen) atoms. The number of halogens is 2. The highest BCUT2D eigenvalue weighted by atomic mass is 35.5. The molecule has 0 aliphatic heterocycles. The minimum absolute atomic E-state index is 0.0261. The van der Waals surface area contributed by atoms with E-state index in [1.807, 2.05) is 24.4 Å². The Morgan fingerprint density at radius 1 is 1.18 bits per heavy atom. The number of alkyl halides is 2. The smallest absolute Gasteiger partial charge is 0.103 e. The Hall–Kier alpha value is -1.03. The second-order valence-corrected chi connectivity index (χ2v) is 9.08. The molecule has 1 aliphatic rings. The molecule has 0 aromatic carbocycles. The van der Waals surface area contributed by atoms with Crippen LogP contribution in [-0.2, 0) is 6.42 Å². The van der Waals surface area contributed by atoms with Crippen molar-refractivity contribution in [3.8, 4) is 0 Å². The van der Waals surface area contributed by atoms with Crippen LogP contribution in [0.2, 0.25) is 0 Å². The van der Waals surface area contributed by atoms with Gasteiger partial charge in [0.25, 0.3) is 0 Å². The van der Waals surface area contributed by atoms with Crippen molar-refractivity contribution >= 4 is 23.2 Å². The van der Waals surface area contributed by atoms with E-state index in [4.69, 9.17) is 27.6 Å². The molecule has 0 saturated heterocycles. The lowest BCUT2D eigenvalue weighted by Gasteiger charge is -2.24. The average Bonchev–Trinajstić information content (AvgIpc) is 3.30. The number of aliphatic hydroxyl groups excluding tert-OH is 1. The van der Waals surface area contributed by atoms with Gasteiger partial charge >= 0.3 is 0 Å². The summed E-state index contributed by atoms with van der Waals surface area (Å²) in [7, 11) is 0. The molecule has 154 valence electrons. The monoisotopic (exact) mass is 423 g/mol. The molecule has 3 rings (SSSR count). The maximum Gasteiger partial charge on any atom is 0.103 e. The summed E-state index contributed by atoms with van der Waals surface area (Å²) in [6, 6.07) is 7.98. The van der Waals surface area contributed by atoms with E-state index in [-0.39, 0.29) is 16.7 Å². The first-order valence-electron chi connectivity index (χ1n) is 10.5. The van der Waals surface area contributed by atoms with Gasteiger partial charge in [-0.25, -0.2) is 0 Å². The zero-order chi connectivity index (χ0) is 19.9. The van der Waals surface area contributed by atoms with E-state index in [2.05, 4.69) is 18.0 Å². The third-order valence-electron chi connectivity index (χ3n) is 5.92. The fraction of sp³-hybridized carbons (Fsp3) is 0.609. The molecule has 2 aromatic heterocycles. The van der Waals surface area contributed by atoms with Crippen LogP contribution >= 0.6 is 23.2 Å². The van der Waals surface area contributed by atoms with E-state index in [9.17, 15) is 5.11 Å². The van der Waals surface area contributed by atoms with Crippen molar-refractivity contribution in [2.24, 2.45) is 5.92 Å². The minimum atomic E-state index is -0.485. The summed E-state index contributed by atoms with van der Waals surface area (Å²) in [6.45, 7) is 2.17. The predicted molar refractivity (Wildman–Crippen MR) is 115 cm³/mol. The molecule has 0 radical (unpaired) electrons. The van der Waals surface area contributed by atoms with E-state index in [0.717, 1.165) is 68.4 Å². The lowest BCUT2D eigenvalue weighted by molar-refractivity contribution is 0.159. The van der Waals surface area contributed by atoms with Crippen molar-refractivity contribution < 1.29 is 9.52 Å². The maximum absolute atomic E-state index is 10.3. The number of unbranched alkanes of at least 4 members (excludes halogenated alkanes) is 2. The number of rotatable bonds is 10. The molecule has 1 aliphatic carbocycles. The average molecular weight is 424 g/mol. The Balaban J connectivity index is 1.62. The van der Waals surface area contributed by atoms with Gasteiger partial charge in [0.15, 0.2) is 0 Å². The largest absolute Gasteiger partial charge is 0.469 e. The lowest BCUT2D eigenvalue weighted by Crippen LogP contribution is -2.17. The van der Waals surface area contributed by atoms with Gasteiger partial charge < -0.3 is 9.52 Å². The Bertz CT molecular complexity index is 689. The van der Waals surface area contributed by atoms with Crippen LogP contribution < -0.4 is 0 Å². The van der Waals surface area contributed by atoms with Crippen LogP contribution in [0.5, 0.6) is 0 Å². The topological polar surface area (TPSA) is 46.3 Å². The standard InChI is InChI=1S/C23H31Cl2NO2/c1-2-3-4-10-22(27)21-12-11-16(15-26-21)23-18(19(24)14-20(23)25)9-5-7-17-8-6-13-28-17/h6,8,11-13,15,18-20,22-23,27H,2-5,7,9-10,14H2,1H3. The van der Waals surface area contributed by atoms with Crippen LogP contribution in [0.4, 0.5) is 0 Å². The molecule has 0 amide bonds. The van der Waals surface area contributed by atoms with Crippen molar-refractivity contribution in [2.75, 3.05) is 0 Å². The summed E-state index contributed by atoms with van der Waals surface area (Å²) in [4.78, 5) is 4.55. The van der Waals surface area contributed by atoms with E-state index in [1.54, 1.807) is 6.26 Å². The number of hydrogen-bond acceptors (Lipinski definition) is 3. The minimum Gasteiger partial charge on any atom is -0.469 e. The Labute approximate surface area is 178 Å². The Morgan fingerprint density at radius 2 is 2.04 bits per heavy atom. The van der Waals surface area contributed by atoms with E-state index >= 15 is 0 Å². The summed E-state index contributed by atoms with van der Waals surface area (Å²) in [5.74, 6) is 1.56. The van der Waals surface area contributed by atoms with Gasteiger partial charge in [-0.3, -0.25) is 4.98 Å². The highest BCUT2D eigenvalue weighted by molar-refractivity contribution is 6.25.